The van der Waals surface area contributed by atoms with E-state index < -0.39 is 0 Å². The van der Waals surface area contributed by atoms with Crippen molar-refractivity contribution in [1.82, 2.24) is 10.2 Å². The normalized spacial score (nSPS) is 17.9. The maximum absolute atomic E-state index is 11.9. The molecular formula is C18H34N2O. The number of carbonyl (C=O) groups excluding carboxylic acids is 1. The molecule has 122 valence electrons. The second kappa shape index (κ2) is 9.24. The van der Waals surface area contributed by atoms with E-state index in [1.54, 1.807) is 0 Å². The third-order valence-electron chi connectivity index (χ3n) is 4.33. The number of amides is 1. The van der Waals surface area contributed by atoms with Crippen molar-refractivity contribution in [3.05, 3.63) is 11.6 Å². The fourth-order valence-electron chi connectivity index (χ4n) is 2.81. The summed E-state index contributed by atoms with van der Waals surface area (Å²) in [5.74, 6) is 1.18. The van der Waals surface area contributed by atoms with Crippen LogP contribution in [0.5, 0.6) is 0 Å². The minimum absolute atomic E-state index is 0.134. The van der Waals surface area contributed by atoms with Crippen LogP contribution in [0.1, 0.15) is 60.3 Å². The number of rotatable bonds is 7. The van der Waals surface area contributed by atoms with Crippen molar-refractivity contribution >= 4 is 5.91 Å². The molecule has 3 heteroatoms. The Balaban J connectivity index is 2.18. The van der Waals surface area contributed by atoms with Crippen LogP contribution in [0.25, 0.3) is 0 Å². The Morgan fingerprint density at radius 3 is 2.38 bits per heavy atom. The Kier molecular flexibility index (Phi) is 8.02. The van der Waals surface area contributed by atoms with Gasteiger partial charge < -0.3 is 10.2 Å². The highest BCUT2D eigenvalue weighted by molar-refractivity contribution is 5.78. The highest BCUT2D eigenvalue weighted by atomic mass is 16.2. The topological polar surface area (TPSA) is 32.3 Å². The molecule has 0 aromatic heterocycles. The summed E-state index contributed by atoms with van der Waals surface area (Å²) in [6.45, 7) is 13.5. The highest BCUT2D eigenvalue weighted by Gasteiger charge is 2.24. The average molecular weight is 294 g/mol. The smallest absolute Gasteiger partial charge is 0.225 e. The Morgan fingerprint density at radius 1 is 1.24 bits per heavy atom. The summed E-state index contributed by atoms with van der Waals surface area (Å²) in [5, 5.41) is 3.66. The summed E-state index contributed by atoms with van der Waals surface area (Å²) in [6.07, 6.45) is 6.97. The van der Waals surface area contributed by atoms with Gasteiger partial charge >= 0.3 is 0 Å². The van der Waals surface area contributed by atoms with E-state index in [2.05, 4.69) is 32.2 Å². The maximum atomic E-state index is 11.9. The molecule has 1 unspecified atom stereocenters. The minimum atomic E-state index is 0.134. The molecule has 1 fully saturated rings. The van der Waals surface area contributed by atoms with Gasteiger partial charge in [-0.25, -0.2) is 0 Å². The summed E-state index contributed by atoms with van der Waals surface area (Å²) in [5.41, 5.74) is 1.41. The third-order valence-corrected chi connectivity index (χ3v) is 4.33. The van der Waals surface area contributed by atoms with Gasteiger partial charge in [0.05, 0.1) is 0 Å². The Hall–Kier alpha value is -0.830. The summed E-state index contributed by atoms with van der Waals surface area (Å²) in [6, 6.07) is 0.580. The first-order chi connectivity index (χ1) is 9.90. The number of carbonyl (C=O) groups is 1. The van der Waals surface area contributed by atoms with Crippen LogP contribution < -0.4 is 5.32 Å². The number of nitrogens with one attached hydrogen (secondary N) is 1. The van der Waals surface area contributed by atoms with Gasteiger partial charge in [-0.1, -0.05) is 25.5 Å². The first-order valence-corrected chi connectivity index (χ1v) is 8.55. The molecule has 1 aliphatic rings. The minimum Gasteiger partial charge on any atom is -0.342 e. The van der Waals surface area contributed by atoms with Crippen molar-refractivity contribution in [3.63, 3.8) is 0 Å². The van der Waals surface area contributed by atoms with Gasteiger partial charge in [0.25, 0.3) is 0 Å². The van der Waals surface area contributed by atoms with E-state index >= 15 is 0 Å². The largest absolute Gasteiger partial charge is 0.342 e. The first kappa shape index (κ1) is 18.2. The molecule has 0 aromatic rings. The van der Waals surface area contributed by atoms with Crippen LogP contribution in [-0.4, -0.2) is 36.5 Å². The van der Waals surface area contributed by atoms with Gasteiger partial charge in [-0.15, -0.1) is 0 Å². The molecule has 1 amide bonds. The second-order valence-electron chi connectivity index (χ2n) is 7.09. The number of allylic oxidation sites excluding steroid dienone is 2. The van der Waals surface area contributed by atoms with E-state index in [1.165, 1.54) is 12.0 Å². The first-order valence-electron chi connectivity index (χ1n) is 8.55. The van der Waals surface area contributed by atoms with Gasteiger partial charge in [0, 0.05) is 25.0 Å². The fourth-order valence-corrected chi connectivity index (χ4v) is 2.81. The van der Waals surface area contributed by atoms with Crippen molar-refractivity contribution in [3.8, 4) is 0 Å². The van der Waals surface area contributed by atoms with Gasteiger partial charge in [-0.05, 0) is 58.9 Å². The molecule has 0 spiro atoms. The average Bonchev–Trinajstić information content (AvgIpc) is 2.44. The number of likely N-dealkylation sites (tertiary alicyclic amines) is 1. The SMILES string of the molecule is CC(C)=CCCC(C)NCC1CCN(C(=O)C(C)C)CC1. The molecule has 3 nitrogen and oxygen atoms in total. The zero-order valence-electron chi connectivity index (χ0n) is 14.6. The highest BCUT2D eigenvalue weighted by Crippen LogP contribution is 2.18. The van der Waals surface area contributed by atoms with E-state index in [1.807, 2.05) is 18.7 Å². The quantitative estimate of drug-likeness (QED) is 0.728. The predicted octanol–water partition coefficient (Wildman–Crippen LogP) is 3.61. The summed E-state index contributed by atoms with van der Waals surface area (Å²) >= 11 is 0. The summed E-state index contributed by atoms with van der Waals surface area (Å²) < 4.78 is 0. The van der Waals surface area contributed by atoms with E-state index in [-0.39, 0.29) is 5.92 Å². The molecule has 1 aliphatic heterocycles. The summed E-state index contributed by atoms with van der Waals surface area (Å²) in [4.78, 5) is 14.0. The number of piperidine rings is 1. The van der Waals surface area contributed by atoms with Gasteiger partial charge in [0.15, 0.2) is 0 Å². The van der Waals surface area contributed by atoms with Crippen molar-refractivity contribution in [2.75, 3.05) is 19.6 Å². The van der Waals surface area contributed by atoms with Crippen molar-refractivity contribution < 1.29 is 4.79 Å². The zero-order chi connectivity index (χ0) is 15.8. The molecule has 1 heterocycles. The molecule has 0 radical (unpaired) electrons. The van der Waals surface area contributed by atoms with E-state index in [0.29, 0.717) is 11.9 Å². The van der Waals surface area contributed by atoms with Crippen LogP contribution in [-0.2, 0) is 4.79 Å². The lowest BCUT2D eigenvalue weighted by molar-refractivity contribution is -0.135. The third kappa shape index (κ3) is 7.12. The standard InChI is InChI=1S/C18H34N2O/c1-14(2)7-6-8-16(5)19-13-17-9-11-20(12-10-17)18(21)15(3)4/h7,15-17,19H,6,8-13H2,1-5H3. The number of hydrogen-bond acceptors (Lipinski definition) is 2. The van der Waals surface area contributed by atoms with Crippen LogP contribution in [0.15, 0.2) is 11.6 Å². The van der Waals surface area contributed by atoms with Crippen LogP contribution in [0, 0.1) is 11.8 Å². The lowest BCUT2D eigenvalue weighted by Crippen LogP contribution is -2.43. The lowest BCUT2D eigenvalue weighted by atomic mass is 9.95. The zero-order valence-corrected chi connectivity index (χ0v) is 14.6. The molecular weight excluding hydrogens is 260 g/mol. The van der Waals surface area contributed by atoms with Crippen molar-refractivity contribution in [1.29, 1.82) is 0 Å². The molecule has 1 rings (SSSR count). The van der Waals surface area contributed by atoms with E-state index in [9.17, 15) is 4.79 Å². The summed E-state index contributed by atoms with van der Waals surface area (Å²) in [7, 11) is 0. The Labute approximate surface area is 131 Å². The second-order valence-corrected chi connectivity index (χ2v) is 7.09. The van der Waals surface area contributed by atoms with Gasteiger partial charge in [-0.2, -0.15) is 0 Å². The molecule has 0 bridgehead atoms. The van der Waals surface area contributed by atoms with Gasteiger partial charge in [0.1, 0.15) is 0 Å². The Morgan fingerprint density at radius 2 is 1.86 bits per heavy atom. The number of hydrogen-bond donors (Lipinski definition) is 1. The molecule has 21 heavy (non-hydrogen) atoms. The van der Waals surface area contributed by atoms with Gasteiger partial charge in [-0.3, -0.25) is 4.79 Å². The monoisotopic (exact) mass is 294 g/mol. The molecule has 0 aromatic carbocycles. The van der Waals surface area contributed by atoms with Crippen LogP contribution in [0.2, 0.25) is 0 Å². The lowest BCUT2D eigenvalue weighted by Gasteiger charge is -2.33. The van der Waals surface area contributed by atoms with Crippen LogP contribution in [0.3, 0.4) is 0 Å². The molecule has 1 atom stereocenters. The maximum Gasteiger partial charge on any atom is 0.225 e. The van der Waals surface area contributed by atoms with Crippen molar-refractivity contribution in [2.24, 2.45) is 11.8 Å². The van der Waals surface area contributed by atoms with E-state index in [4.69, 9.17) is 0 Å². The van der Waals surface area contributed by atoms with Gasteiger partial charge in [0.2, 0.25) is 5.91 Å². The van der Waals surface area contributed by atoms with Crippen LogP contribution >= 0.6 is 0 Å². The predicted molar refractivity (Wildman–Crippen MR) is 90.3 cm³/mol. The van der Waals surface area contributed by atoms with Crippen LogP contribution in [0.4, 0.5) is 0 Å². The molecule has 1 N–H and O–H groups in total. The molecule has 0 aliphatic carbocycles. The molecule has 1 saturated heterocycles. The fraction of sp³-hybridized carbons (Fsp3) is 0.833. The number of nitrogens with zero attached hydrogens (tertiary/aromatic N) is 1. The molecule has 0 saturated carbocycles. The Bertz CT molecular complexity index is 337. The van der Waals surface area contributed by atoms with Crippen molar-refractivity contribution in [2.45, 2.75) is 66.3 Å². The van der Waals surface area contributed by atoms with E-state index in [0.717, 1.165) is 44.8 Å².